The molecule has 0 bridgehead atoms. The van der Waals surface area contributed by atoms with Crippen molar-refractivity contribution in [2.75, 3.05) is 13.1 Å². The van der Waals surface area contributed by atoms with Crippen LogP contribution in [0.3, 0.4) is 0 Å². The molecule has 6 nitrogen and oxygen atoms in total. The Labute approximate surface area is 141 Å². The number of rotatable bonds is 4. The van der Waals surface area contributed by atoms with Gasteiger partial charge in [-0.15, -0.1) is 0 Å². The summed E-state index contributed by atoms with van der Waals surface area (Å²) in [5.74, 6) is 0.193. The van der Waals surface area contributed by atoms with Gasteiger partial charge in [0.15, 0.2) is 0 Å². The van der Waals surface area contributed by atoms with Crippen molar-refractivity contribution in [1.29, 1.82) is 0 Å². The molecular formula is C15H12FN3O3S2. The molecule has 124 valence electrons. The van der Waals surface area contributed by atoms with Gasteiger partial charge in [-0.25, -0.2) is 12.8 Å². The van der Waals surface area contributed by atoms with E-state index in [0.29, 0.717) is 11.7 Å². The van der Waals surface area contributed by atoms with Crippen molar-refractivity contribution in [3.8, 4) is 11.4 Å². The first kappa shape index (κ1) is 15.4. The van der Waals surface area contributed by atoms with Crippen LogP contribution < -0.4 is 0 Å². The van der Waals surface area contributed by atoms with Crippen molar-refractivity contribution in [1.82, 2.24) is 14.4 Å². The summed E-state index contributed by atoms with van der Waals surface area (Å²) in [4.78, 5) is 4.27. The summed E-state index contributed by atoms with van der Waals surface area (Å²) in [7, 11) is -3.70. The monoisotopic (exact) mass is 365 g/mol. The van der Waals surface area contributed by atoms with E-state index in [1.165, 1.54) is 33.8 Å². The van der Waals surface area contributed by atoms with E-state index in [4.69, 9.17) is 4.52 Å². The first-order valence-electron chi connectivity index (χ1n) is 7.16. The molecule has 24 heavy (non-hydrogen) atoms. The predicted octanol–water partition coefficient (Wildman–Crippen LogP) is 2.73. The van der Waals surface area contributed by atoms with E-state index in [0.717, 1.165) is 11.6 Å². The van der Waals surface area contributed by atoms with Gasteiger partial charge in [0.25, 0.3) is 0 Å². The summed E-state index contributed by atoms with van der Waals surface area (Å²) in [5.41, 5.74) is 0.874. The number of nitrogens with zero attached hydrogens (tertiary/aromatic N) is 3. The van der Waals surface area contributed by atoms with E-state index in [1.807, 2.05) is 16.8 Å². The minimum atomic E-state index is -3.70. The zero-order valence-electron chi connectivity index (χ0n) is 12.3. The lowest BCUT2D eigenvalue weighted by molar-refractivity contribution is 0.216. The minimum Gasteiger partial charge on any atom is -0.339 e. The molecular weight excluding hydrogens is 353 g/mol. The van der Waals surface area contributed by atoms with Gasteiger partial charge < -0.3 is 4.52 Å². The zero-order chi connectivity index (χ0) is 16.7. The highest BCUT2D eigenvalue weighted by atomic mass is 32.2. The number of halogens is 1. The fourth-order valence-electron chi connectivity index (χ4n) is 2.48. The lowest BCUT2D eigenvalue weighted by Gasteiger charge is -2.35. The number of aromatic nitrogens is 2. The molecule has 4 rings (SSSR count). The van der Waals surface area contributed by atoms with Gasteiger partial charge >= 0.3 is 0 Å². The molecule has 0 amide bonds. The van der Waals surface area contributed by atoms with Crippen molar-refractivity contribution in [2.45, 2.75) is 10.8 Å². The molecule has 9 heteroatoms. The van der Waals surface area contributed by atoms with E-state index >= 15 is 0 Å². The van der Waals surface area contributed by atoms with Crippen molar-refractivity contribution in [2.24, 2.45) is 0 Å². The van der Waals surface area contributed by atoms with Gasteiger partial charge in [-0.1, -0.05) is 11.2 Å². The molecule has 0 saturated carbocycles. The maximum Gasteiger partial charge on any atom is 0.243 e. The van der Waals surface area contributed by atoms with E-state index in [-0.39, 0.29) is 23.9 Å². The number of sulfonamides is 1. The number of hydrogen-bond acceptors (Lipinski definition) is 6. The van der Waals surface area contributed by atoms with E-state index in [2.05, 4.69) is 10.1 Å². The van der Waals surface area contributed by atoms with Crippen LogP contribution in [0.1, 0.15) is 11.8 Å². The minimum absolute atomic E-state index is 0.0505. The third-order valence-electron chi connectivity index (χ3n) is 3.85. The Morgan fingerprint density at radius 3 is 2.83 bits per heavy atom. The van der Waals surface area contributed by atoms with Crippen LogP contribution in [0.15, 0.2) is 50.5 Å². The van der Waals surface area contributed by atoms with Crippen LogP contribution in [-0.2, 0) is 10.0 Å². The summed E-state index contributed by atoms with van der Waals surface area (Å²) in [6.07, 6.45) is 0. The lowest BCUT2D eigenvalue weighted by atomic mass is 10.0. The van der Waals surface area contributed by atoms with Crippen LogP contribution in [0, 0.1) is 5.82 Å². The second kappa shape index (κ2) is 5.76. The molecule has 2 aromatic heterocycles. The fourth-order valence-corrected chi connectivity index (χ4v) is 4.67. The van der Waals surface area contributed by atoms with Crippen molar-refractivity contribution >= 4 is 21.4 Å². The van der Waals surface area contributed by atoms with Gasteiger partial charge in [0.1, 0.15) is 5.82 Å². The predicted molar refractivity (Wildman–Crippen MR) is 85.5 cm³/mol. The fraction of sp³-hybridized carbons (Fsp3) is 0.200. The van der Waals surface area contributed by atoms with Crippen LogP contribution in [0.2, 0.25) is 0 Å². The molecule has 1 fully saturated rings. The molecule has 1 saturated heterocycles. The van der Waals surface area contributed by atoms with E-state index in [1.54, 1.807) is 0 Å². The maximum absolute atomic E-state index is 13.2. The van der Waals surface area contributed by atoms with E-state index in [9.17, 15) is 12.8 Å². The molecule has 1 aliphatic heterocycles. The Bertz CT molecular complexity index is 964. The number of thiophene rings is 1. The molecule has 0 N–H and O–H groups in total. The third-order valence-corrected chi connectivity index (χ3v) is 6.36. The van der Waals surface area contributed by atoms with Crippen molar-refractivity contribution < 1.29 is 17.3 Å². The Balaban J connectivity index is 1.48. The van der Waals surface area contributed by atoms with Gasteiger partial charge in [-0.05, 0) is 29.6 Å². The van der Waals surface area contributed by atoms with Crippen LogP contribution in [0.25, 0.3) is 11.4 Å². The Morgan fingerprint density at radius 1 is 1.29 bits per heavy atom. The normalized spacial score (nSPS) is 16.2. The highest BCUT2D eigenvalue weighted by molar-refractivity contribution is 7.89. The molecule has 1 aromatic carbocycles. The van der Waals surface area contributed by atoms with Crippen LogP contribution >= 0.6 is 11.3 Å². The van der Waals surface area contributed by atoms with Gasteiger partial charge in [-0.3, -0.25) is 0 Å². The molecule has 3 heterocycles. The largest absolute Gasteiger partial charge is 0.339 e. The smallest absolute Gasteiger partial charge is 0.243 e. The second-order valence-electron chi connectivity index (χ2n) is 5.44. The van der Waals surface area contributed by atoms with Gasteiger partial charge in [0, 0.05) is 24.0 Å². The third kappa shape index (κ3) is 2.64. The van der Waals surface area contributed by atoms with Crippen LogP contribution in [0.4, 0.5) is 4.39 Å². The summed E-state index contributed by atoms with van der Waals surface area (Å²) >= 11 is 1.53. The van der Waals surface area contributed by atoms with Gasteiger partial charge in [0.2, 0.25) is 21.7 Å². The van der Waals surface area contributed by atoms with Crippen LogP contribution in [0.5, 0.6) is 0 Å². The van der Waals surface area contributed by atoms with Gasteiger partial charge in [0.05, 0.1) is 10.8 Å². The average molecular weight is 365 g/mol. The molecule has 0 radical (unpaired) electrons. The Morgan fingerprint density at radius 2 is 2.12 bits per heavy atom. The SMILES string of the molecule is O=S(=O)(c1cccc(F)c1)N1CC(c2nc(-c3ccsc3)no2)C1. The molecule has 3 aromatic rings. The number of benzene rings is 1. The standard InChI is InChI=1S/C15H12FN3O3S2/c16-12-2-1-3-13(6-12)24(20,21)19-7-11(8-19)15-17-14(18-22-15)10-4-5-23-9-10/h1-6,9,11H,7-8H2. The lowest BCUT2D eigenvalue weighted by Crippen LogP contribution is -2.48. The molecule has 0 unspecified atom stereocenters. The summed E-state index contributed by atoms with van der Waals surface area (Å²) in [6, 6.07) is 6.88. The van der Waals surface area contributed by atoms with Crippen molar-refractivity contribution in [3.05, 3.63) is 52.8 Å². The Hall–Kier alpha value is -2.10. The first-order valence-corrected chi connectivity index (χ1v) is 9.54. The molecule has 0 atom stereocenters. The first-order chi connectivity index (χ1) is 11.5. The van der Waals surface area contributed by atoms with Crippen LogP contribution in [-0.4, -0.2) is 36.0 Å². The summed E-state index contributed by atoms with van der Waals surface area (Å²) < 4.78 is 44.6. The van der Waals surface area contributed by atoms with Gasteiger partial charge in [-0.2, -0.15) is 20.6 Å². The molecule has 0 spiro atoms. The molecule has 0 aliphatic carbocycles. The zero-order valence-corrected chi connectivity index (χ0v) is 13.9. The summed E-state index contributed by atoms with van der Waals surface area (Å²) in [6.45, 7) is 0.480. The quantitative estimate of drug-likeness (QED) is 0.710. The molecule has 1 aliphatic rings. The Kier molecular flexibility index (Phi) is 3.70. The summed E-state index contributed by atoms with van der Waals surface area (Å²) in [5, 5.41) is 7.75. The van der Waals surface area contributed by atoms with Crippen molar-refractivity contribution in [3.63, 3.8) is 0 Å². The highest BCUT2D eigenvalue weighted by Crippen LogP contribution is 2.32. The van der Waals surface area contributed by atoms with E-state index < -0.39 is 15.8 Å². The average Bonchev–Trinajstić information content (AvgIpc) is 3.16. The number of hydrogen-bond donors (Lipinski definition) is 0. The topological polar surface area (TPSA) is 76.3 Å². The second-order valence-corrected chi connectivity index (χ2v) is 8.16. The maximum atomic E-state index is 13.2. The highest BCUT2D eigenvalue weighted by Gasteiger charge is 2.40.